The second kappa shape index (κ2) is 6.01. The lowest BCUT2D eigenvalue weighted by Crippen LogP contribution is -2.05. The Morgan fingerprint density at radius 2 is 2.12 bits per heavy atom. The third-order valence-corrected chi connectivity index (χ3v) is 2.51. The Balaban J connectivity index is 1.97. The van der Waals surface area contributed by atoms with E-state index < -0.39 is 0 Å². The molecule has 2 rings (SSSR count). The molecule has 3 heteroatoms. The lowest BCUT2D eigenvalue weighted by molar-refractivity contribution is 0.111. The Labute approximate surface area is 101 Å². The number of methoxy groups -OCH3 is 1. The molecule has 0 saturated heterocycles. The van der Waals surface area contributed by atoms with Crippen LogP contribution in [0.25, 0.3) is 0 Å². The summed E-state index contributed by atoms with van der Waals surface area (Å²) in [5.74, 6) is 0. The van der Waals surface area contributed by atoms with E-state index in [1.54, 1.807) is 25.9 Å². The third-order valence-electron chi connectivity index (χ3n) is 2.51. The Bertz CT molecular complexity index is 448. The molecule has 0 fully saturated rings. The van der Waals surface area contributed by atoms with Crippen LogP contribution >= 0.6 is 0 Å². The van der Waals surface area contributed by atoms with Gasteiger partial charge in [-0.05, 0) is 11.6 Å². The van der Waals surface area contributed by atoms with Crippen molar-refractivity contribution in [1.29, 1.82) is 0 Å². The van der Waals surface area contributed by atoms with Gasteiger partial charge in [-0.25, -0.2) is 0 Å². The minimum Gasteiger partial charge on any atom is -0.472 e. The molecule has 17 heavy (non-hydrogen) atoms. The van der Waals surface area contributed by atoms with Crippen LogP contribution in [0.5, 0.6) is 0 Å². The fraction of sp³-hybridized carbons (Fsp3) is 0.214. The molecule has 0 aliphatic rings. The van der Waals surface area contributed by atoms with Crippen LogP contribution in [0.3, 0.4) is 0 Å². The number of rotatable bonds is 5. The molecule has 0 bridgehead atoms. The van der Waals surface area contributed by atoms with Crippen LogP contribution in [0.4, 0.5) is 0 Å². The fourth-order valence-electron chi connectivity index (χ4n) is 1.59. The van der Waals surface area contributed by atoms with Gasteiger partial charge in [0.05, 0.1) is 19.1 Å². The van der Waals surface area contributed by atoms with E-state index >= 15 is 0 Å². The molecule has 1 aromatic heterocycles. The van der Waals surface area contributed by atoms with Crippen LogP contribution < -0.4 is 0 Å². The summed E-state index contributed by atoms with van der Waals surface area (Å²) in [7, 11) is 1.70. The summed E-state index contributed by atoms with van der Waals surface area (Å²) in [5.41, 5.74) is 2.10. The Morgan fingerprint density at radius 3 is 2.76 bits per heavy atom. The van der Waals surface area contributed by atoms with Crippen LogP contribution in [0, 0.1) is 0 Å². The second-order valence-corrected chi connectivity index (χ2v) is 3.69. The number of furan rings is 1. The van der Waals surface area contributed by atoms with Gasteiger partial charge in [0.1, 0.15) is 6.10 Å². The van der Waals surface area contributed by atoms with Crippen molar-refractivity contribution in [3.8, 4) is 0 Å². The molecule has 2 aromatic rings. The van der Waals surface area contributed by atoms with Crippen molar-refractivity contribution in [2.75, 3.05) is 13.7 Å². The first-order chi connectivity index (χ1) is 8.40. The predicted molar refractivity (Wildman–Crippen MR) is 67.4 cm³/mol. The van der Waals surface area contributed by atoms with Gasteiger partial charge in [-0.2, -0.15) is 0 Å². The number of hydrogen-bond donors (Lipinski definition) is 0. The summed E-state index contributed by atoms with van der Waals surface area (Å²) in [4.78, 5) is 4.35. The van der Waals surface area contributed by atoms with Crippen LogP contribution in [-0.4, -0.2) is 19.9 Å². The summed E-state index contributed by atoms with van der Waals surface area (Å²) < 4.78 is 10.4. The molecular weight excluding hydrogens is 214 g/mol. The number of benzene rings is 1. The molecular formula is C14H15NO2. The SMILES string of the molecule is COC(CN=Cc1ccoc1)c1ccccc1. The average molecular weight is 229 g/mol. The zero-order valence-corrected chi connectivity index (χ0v) is 9.74. The predicted octanol–water partition coefficient (Wildman–Crippen LogP) is 3.09. The van der Waals surface area contributed by atoms with Crippen molar-refractivity contribution in [1.82, 2.24) is 0 Å². The molecule has 1 unspecified atom stereocenters. The van der Waals surface area contributed by atoms with Gasteiger partial charge in [-0.3, -0.25) is 4.99 Å². The Hall–Kier alpha value is -1.87. The summed E-state index contributed by atoms with van der Waals surface area (Å²) >= 11 is 0. The van der Waals surface area contributed by atoms with Crippen molar-refractivity contribution >= 4 is 6.21 Å². The molecule has 0 aliphatic heterocycles. The number of nitrogens with zero attached hydrogens (tertiary/aromatic N) is 1. The Morgan fingerprint density at radius 1 is 1.29 bits per heavy atom. The van der Waals surface area contributed by atoms with Crippen molar-refractivity contribution in [3.05, 3.63) is 60.1 Å². The van der Waals surface area contributed by atoms with E-state index in [0.29, 0.717) is 6.54 Å². The van der Waals surface area contributed by atoms with E-state index in [9.17, 15) is 0 Å². The van der Waals surface area contributed by atoms with E-state index in [2.05, 4.69) is 4.99 Å². The average Bonchev–Trinajstić information content (AvgIpc) is 2.89. The topological polar surface area (TPSA) is 34.7 Å². The number of ether oxygens (including phenoxy) is 1. The maximum Gasteiger partial charge on any atom is 0.102 e. The highest BCUT2D eigenvalue weighted by Crippen LogP contribution is 2.16. The van der Waals surface area contributed by atoms with E-state index in [1.807, 2.05) is 36.4 Å². The van der Waals surface area contributed by atoms with Gasteiger partial charge in [-0.15, -0.1) is 0 Å². The zero-order valence-electron chi connectivity index (χ0n) is 9.74. The maximum atomic E-state index is 5.42. The second-order valence-electron chi connectivity index (χ2n) is 3.69. The minimum absolute atomic E-state index is 0.000601. The highest BCUT2D eigenvalue weighted by atomic mass is 16.5. The smallest absolute Gasteiger partial charge is 0.102 e. The fourth-order valence-corrected chi connectivity index (χ4v) is 1.59. The van der Waals surface area contributed by atoms with Gasteiger partial charge < -0.3 is 9.15 Å². The third kappa shape index (κ3) is 3.29. The zero-order chi connectivity index (χ0) is 11.9. The van der Waals surface area contributed by atoms with E-state index in [4.69, 9.17) is 9.15 Å². The van der Waals surface area contributed by atoms with Gasteiger partial charge in [0, 0.05) is 18.9 Å². The largest absolute Gasteiger partial charge is 0.472 e. The molecule has 1 aromatic carbocycles. The number of hydrogen-bond acceptors (Lipinski definition) is 3. The lowest BCUT2D eigenvalue weighted by atomic mass is 10.1. The molecule has 1 atom stereocenters. The molecule has 3 nitrogen and oxygen atoms in total. The molecule has 0 radical (unpaired) electrons. The normalized spacial score (nSPS) is 13.0. The minimum atomic E-state index is -0.000601. The summed E-state index contributed by atoms with van der Waals surface area (Å²) in [6.07, 6.45) is 5.08. The number of aliphatic imine (C=N–C) groups is 1. The molecule has 0 aliphatic carbocycles. The van der Waals surface area contributed by atoms with Gasteiger partial charge >= 0.3 is 0 Å². The van der Waals surface area contributed by atoms with Gasteiger partial charge in [0.2, 0.25) is 0 Å². The van der Waals surface area contributed by atoms with Crippen LogP contribution in [0.15, 0.2) is 58.3 Å². The van der Waals surface area contributed by atoms with E-state index in [0.717, 1.165) is 11.1 Å². The van der Waals surface area contributed by atoms with Crippen molar-refractivity contribution < 1.29 is 9.15 Å². The molecule has 0 spiro atoms. The molecule has 88 valence electrons. The van der Waals surface area contributed by atoms with Crippen molar-refractivity contribution in [2.24, 2.45) is 4.99 Å². The molecule has 0 amide bonds. The van der Waals surface area contributed by atoms with Crippen molar-refractivity contribution in [3.63, 3.8) is 0 Å². The molecule has 0 saturated carbocycles. The van der Waals surface area contributed by atoms with Crippen LogP contribution in [0.1, 0.15) is 17.2 Å². The first kappa shape index (κ1) is 11.6. The summed E-state index contributed by atoms with van der Waals surface area (Å²) in [6.45, 7) is 0.603. The summed E-state index contributed by atoms with van der Waals surface area (Å²) in [5, 5.41) is 0. The quantitative estimate of drug-likeness (QED) is 0.738. The lowest BCUT2D eigenvalue weighted by Gasteiger charge is -2.12. The monoisotopic (exact) mass is 229 g/mol. The summed E-state index contributed by atoms with van der Waals surface area (Å²) in [6, 6.07) is 11.9. The first-order valence-corrected chi connectivity index (χ1v) is 5.50. The van der Waals surface area contributed by atoms with Crippen LogP contribution in [-0.2, 0) is 4.74 Å². The Kier molecular flexibility index (Phi) is 4.11. The van der Waals surface area contributed by atoms with Crippen LogP contribution in [0.2, 0.25) is 0 Å². The van der Waals surface area contributed by atoms with Gasteiger partial charge in [-0.1, -0.05) is 30.3 Å². The standard InChI is InChI=1S/C14H15NO2/c1-16-14(13-5-3-2-4-6-13)10-15-9-12-7-8-17-11-12/h2-9,11,14H,10H2,1H3. The highest BCUT2D eigenvalue weighted by Gasteiger charge is 2.07. The van der Waals surface area contributed by atoms with E-state index in [1.165, 1.54) is 0 Å². The maximum absolute atomic E-state index is 5.42. The molecule has 0 N–H and O–H groups in total. The van der Waals surface area contributed by atoms with Crippen molar-refractivity contribution in [2.45, 2.75) is 6.10 Å². The molecule has 1 heterocycles. The van der Waals surface area contributed by atoms with Gasteiger partial charge in [0.25, 0.3) is 0 Å². The highest BCUT2D eigenvalue weighted by molar-refractivity contribution is 5.78. The first-order valence-electron chi connectivity index (χ1n) is 5.50. The van der Waals surface area contributed by atoms with E-state index in [-0.39, 0.29) is 6.10 Å². The van der Waals surface area contributed by atoms with Gasteiger partial charge in [0.15, 0.2) is 0 Å².